The molecule has 0 spiro atoms. The van der Waals surface area contributed by atoms with Crippen LogP contribution in [-0.2, 0) is 4.74 Å². The van der Waals surface area contributed by atoms with Gasteiger partial charge in [0.05, 0.1) is 27.4 Å². The molecular formula is C19H19BrFNO4. The van der Waals surface area contributed by atoms with Crippen LogP contribution in [0, 0.1) is 5.82 Å². The molecule has 1 aliphatic heterocycles. The van der Waals surface area contributed by atoms with Gasteiger partial charge in [-0.15, -0.1) is 0 Å². The average Bonchev–Trinajstić information content (AvgIpc) is 2.68. The summed E-state index contributed by atoms with van der Waals surface area (Å²) in [6, 6.07) is 9.50. The molecule has 2 aromatic carbocycles. The molecule has 0 N–H and O–H groups in total. The lowest BCUT2D eigenvalue weighted by Crippen LogP contribution is -2.42. The van der Waals surface area contributed by atoms with Gasteiger partial charge in [-0.25, -0.2) is 4.39 Å². The molecule has 1 amide bonds. The first-order valence-corrected chi connectivity index (χ1v) is 8.90. The lowest BCUT2D eigenvalue weighted by atomic mass is 10.1. The Morgan fingerprint density at radius 3 is 2.38 bits per heavy atom. The maximum atomic E-state index is 13.1. The molecule has 7 heteroatoms. The molecule has 0 saturated carbocycles. The van der Waals surface area contributed by atoms with Crippen LogP contribution in [0.25, 0.3) is 0 Å². The van der Waals surface area contributed by atoms with E-state index in [0.717, 1.165) is 5.56 Å². The Hall–Kier alpha value is -2.12. The van der Waals surface area contributed by atoms with Crippen LogP contribution in [0.5, 0.6) is 11.5 Å². The topological polar surface area (TPSA) is 48.0 Å². The maximum absolute atomic E-state index is 13.1. The van der Waals surface area contributed by atoms with Crippen LogP contribution in [0.15, 0.2) is 40.9 Å². The van der Waals surface area contributed by atoms with E-state index in [0.29, 0.717) is 41.2 Å². The van der Waals surface area contributed by atoms with E-state index in [9.17, 15) is 9.18 Å². The molecule has 0 aromatic heterocycles. The van der Waals surface area contributed by atoms with Crippen molar-refractivity contribution in [2.75, 3.05) is 33.9 Å². The third kappa shape index (κ3) is 3.83. The summed E-state index contributed by atoms with van der Waals surface area (Å²) in [7, 11) is 3.07. The summed E-state index contributed by atoms with van der Waals surface area (Å²) < 4.78 is 30.2. The SMILES string of the molecule is COc1cc(C(=O)N2CCOC(c3ccc(F)cc3)C2)cc(OC)c1Br. The van der Waals surface area contributed by atoms with Gasteiger partial charge >= 0.3 is 0 Å². The minimum absolute atomic E-state index is 0.135. The number of ether oxygens (including phenoxy) is 3. The highest BCUT2D eigenvalue weighted by Crippen LogP contribution is 2.36. The Kier molecular flexibility index (Phi) is 5.78. The smallest absolute Gasteiger partial charge is 0.254 e. The Balaban J connectivity index is 1.82. The molecule has 26 heavy (non-hydrogen) atoms. The summed E-state index contributed by atoms with van der Waals surface area (Å²) in [5.41, 5.74) is 1.32. The molecular weight excluding hydrogens is 405 g/mol. The average molecular weight is 424 g/mol. The van der Waals surface area contributed by atoms with Crippen LogP contribution in [0.4, 0.5) is 4.39 Å². The highest BCUT2D eigenvalue weighted by molar-refractivity contribution is 9.10. The monoisotopic (exact) mass is 423 g/mol. The molecule has 1 unspecified atom stereocenters. The summed E-state index contributed by atoms with van der Waals surface area (Å²) >= 11 is 3.40. The van der Waals surface area contributed by atoms with Crippen molar-refractivity contribution in [2.24, 2.45) is 0 Å². The first kappa shape index (κ1) is 18.7. The Morgan fingerprint density at radius 2 is 1.81 bits per heavy atom. The second kappa shape index (κ2) is 8.05. The maximum Gasteiger partial charge on any atom is 0.254 e. The zero-order chi connectivity index (χ0) is 18.7. The van der Waals surface area contributed by atoms with E-state index in [1.54, 1.807) is 29.2 Å². The van der Waals surface area contributed by atoms with Crippen LogP contribution < -0.4 is 9.47 Å². The van der Waals surface area contributed by atoms with Gasteiger partial charge in [0.1, 0.15) is 27.9 Å². The molecule has 5 nitrogen and oxygen atoms in total. The van der Waals surface area contributed by atoms with E-state index in [-0.39, 0.29) is 17.8 Å². The highest BCUT2D eigenvalue weighted by Gasteiger charge is 2.27. The van der Waals surface area contributed by atoms with Crippen LogP contribution in [0.3, 0.4) is 0 Å². The second-order valence-electron chi connectivity index (χ2n) is 5.86. The van der Waals surface area contributed by atoms with Gasteiger partial charge in [-0.05, 0) is 45.8 Å². The predicted octanol–water partition coefficient (Wildman–Crippen LogP) is 3.82. The molecule has 0 radical (unpaired) electrons. The lowest BCUT2D eigenvalue weighted by molar-refractivity contribution is -0.0228. The van der Waals surface area contributed by atoms with Crippen molar-refractivity contribution >= 4 is 21.8 Å². The molecule has 0 aliphatic carbocycles. The van der Waals surface area contributed by atoms with Gasteiger partial charge in [0.15, 0.2) is 0 Å². The first-order chi connectivity index (χ1) is 12.5. The summed E-state index contributed by atoms with van der Waals surface area (Å²) in [4.78, 5) is 14.7. The summed E-state index contributed by atoms with van der Waals surface area (Å²) in [5.74, 6) is 0.614. The number of carbonyl (C=O) groups is 1. The molecule has 1 atom stereocenters. The number of halogens is 2. The van der Waals surface area contributed by atoms with Gasteiger partial charge in [0, 0.05) is 12.1 Å². The minimum atomic E-state index is -0.299. The van der Waals surface area contributed by atoms with E-state index in [4.69, 9.17) is 14.2 Å². The Bertz CT molecular complexity index is 772. The van der Waals surface area contributed by atoms with Gasteiger partial charge in [-0.1, -0.05) is 12.1 Å². The first-order valence-electron chi connectivity index (χ1n) is 8.11. The number of hydrogen-bond acceptors (Lipinski definition) is 4. The van der Waals surface area contributed by atoms with E-state index in [2.05, 4.69) is 15.9 Å². The van der Waals surface area contributed by atoms with Crippen molar-refractivity contribution in [1.82, 2.24) is 4.90 Å². The van der Waals surface area contributed by atoms with E-state index in [1.165, 1.54) is 26.4 Å². The highest BCUT2D eigenvalue weighted by atomic mass is 79.9. The summed E-state index contributed by atoms with van der Waals surface area (Å²) in [5, 5.41) is 0. The van der Waals surface area contributed by atoms with Crippen molar-refractivity contribution < 1.29 is 23.4 Å². The molecule has 138 valence electrons. The fourth-order valence-corrected chi connectivity index (χ4v) is 3.44. The number of methoxy groups -OCH3 is 2. The number of carbonyl (C=O) groups excluding carboxylic acids is 1. The summed E-state index contributed by atoms with van der Waals surface area (Å²) in [6.07, 6.45) is -0.285. The quantitative estimate of drug-likeness (QED) is 0.749. The number of morpholine rings is 1. The van der Waals surface area contributed by atoms with Crippen LogP contribution in [0.1, 0.15) is 22.0 Å². The zero-order valence-electron chi connectivity index (χ0n) is 14.5. The van der Waals surface area contributed by atoms with Crippen molar-refractivity contribution in [1.29, 1.82) is 0 Å². The van der Waals surface area contributed by atoms with Crippen molar-refractivity contribution in [2.45, 2.75) is 6.10 Å². The van der Waals surface area contributed by atoms with Crippen LogP contribution in [0.2, 0.25) is 0 Å². The number of rotatable bonds is 4. The van der Waals surface area contributed by atoms with Crippen LogP contribution in [-0.4, -0.2) is 44.7 Å². The standard InChI is InChI=1S/C19H19BrFNO4/c1-24-15-9-13(10-16(25-2)18(15)20)19(23)22-7-8-26-17(11-22)12-3-5-14(21)6-4-12/h3-6,9-10,17H,7-8,11H2,1-2H3. The molecule has 1 fully saturated rings. The van der Waals surface area contributed by atoms with Gasteiger partial charge in [0.25, 0.3) is 5.91 Å². The van der Waals surface area contributed by atoms with Gasteiger partial charge in [0.2, 0.25) is 0 Å². The Labute approximate surface area is 159 Å². The molecule has 3 rings (SSSR count). The second-order valence-corrected chi connectivity index (χ2v) is 6.65. The number of nitrogens with zero attached hydrogens (tertiary/aromatic N) is 1. The number of hydrogen-bond donors (Lipinski definition) is 0. The molecule has 0 bridgehead atoms. The van der Waals surface area contributed by atoms with E-state index >= 15 is 0 Å². The number of amides is 1. The lowest BCUT2D eigenvalue weighted by Gasteiger charge is -2.33. The fourth-order valence-electron chi connectivity index (χ4n) is 2.89. The largest absolute Gasteiger partial charge is 0.495 e. The minimum Gasteiger partial charge on any atom is -0.495 e. The molecule has 1 aliphatic rings. The zero-order valence-corrected chi connectivity index (χ0v) is 16.1. The summed E-state index contributed by atoms with van der Waals surface area (Å²) in [6.45, 7) is 1.29. The number of benzene rings is 2. The van der Waals surface area contributed by atoms with Crippen molar-refractivity contribution in [3.8, 4) is 11.5 Å². The van der Waals surface area contributed by atoms with E-state index in [1.807, 2.05) is 0 Å². The third-order valence-electron chi connectivity index (χ3n) is 4.29. The third-order valence-corrected chi connectivity index (χ3v) is 5.07. The molecule has 2 aromatic rings. The molecule has 1 heterocycles. The van der Waals surface area contributed by atoms with Gasteiger partial charge in [-0.2, -0.15) is 0 Å². The van der Waals surface area contributed by atoms with Gasteiger partial charge < -0.3 is 19.1 Å². The van der Waals surface area contributed by atoms with Crippen molar-refractivity contribution in [3.63, 3.8) is 0 Å². The normalized spacial score (nSPS) is 17.1. The van der Waals surface area contributed by atoms with Crippen molar-refractivity contribution in [3.05, 3.63) is 57.8 Å². The van der Waals surface area contributed by atoms with Crippen LogP contribution >= 0.6 is 15.9 Å². The fraction of sp³-hybridized carbons (Fsp3) is 0.316. The van der Waals surface area contributed by atoms with E-state index < -0.39 is 0 Å². The predicted molar refractivity (Wildman–Crippen MR) is 98.2 cm³/mol. The molecule has 1 saturated heterocycles. The van der Waals surface area contributed by atoms with Gasteiger partial charge in [-0.3, -0.25) is 4.79 Å². The Morgan fingerprint density at radius 1 is 1.19 bits per heavy atom.